The van der Waals surface area contributed by atoms with Crippen molar-refractivity contribution >= 4 is 28.8 Å². The minimum Gasteiger partial charge on any atom is -0.355 e. The summed E-state index contributed by atoms with van der Waals surface area (Å²) in [6.07, 6.45) is 0. The van der Waals surface area contributed by atoms with Gasteiger partial charge in [-0.1, -0.05) is 30.3 Å². The number of benzene rings is 2. The Morgan fingerprint density at radius 1 is 0.920 bits per heavy atom. The largest absolute Gasteiger partial charge is 0.355 e. The highest BCUT2D eigenvalue weighted by Crippen LogP contribution is 2.30. The van der Waals surface area contributed by atoms with Crippen LogP contribution in [0.3, 0.4) is 0 Å². The van der Waals surface area contributed by atoms with Gasteiger partial charge in [-0.15, -0.1) is 11.3 Å². The maximum Gasteiger partial charge on any atom is 0.265 e. The first kappa shape index (κ1) is 16.9. The molecule has 3 aromatic rings. The van der Waals surface area contributed by atoms with Crippen LogP contribution in [-0.2, 0) is 0 Å². The summed E-state index contributed by atoms with van der Waals surface area (Å²) in [4.78, 5) is 25.5. The van der Waals surface area contributed by atoms with Gasteiger partial charge in [0, 0.05) is 17.5 Å². The number of anilines is 1. The number of carbonyl (C=O) groups excluding carboxylic acids is 2. The lowest BCUT2D eigenvalue weighted by Crippen LogP contribution is -2.21. The molecule has 126 valence electrons. The summed E-state index contributed by atoms with van der Waals surface area (Å²) in [5.74, 6) is -0.959. The molecule has 2 amide bonds. The van der Waals surface area contributed by atoms with E-state index in [-0.39, 0.29) is 17.6 Å². The molecule has 0 aliphatic carbocycles. The van der Waals surface area contributed by atoms with E-state index in [1.54, 1.807) is 54.6 Å². The van der Waals surface area contributed by atoms with Crippen molar-refractivity contribution in [2.75, 3.05) is 12.4 Å². The number of carbonyl (C=O) groups is 2. The fourth-order valence-corrected chi connectivity index (χ4v) is 3.30. The van der Waals surface area contributed by atoms with Crippen LogP contribution in [-0.4, -0.2) is 18.9 Å². The predicted octanol–water partition coefficient (Wildman–Crippen LogP) is 4.17. The highest BCUT2D eigenvalue weighted by Gasteiger charge is 2.15. The number of amides is 2. The van der Waals surface area contributed by atoms with Gasteiger partial charge in [0.15, 0.2) is 0 Å². The third-order valence-corrected chi connectivity index (χ3v) is 4.73. The molecule has 0 saturated carbocycles. The smallest absolute Gasteiger partial charge is 0.265 e. The first-order chi connectivity index (χ1) is 12.1. The number of thiophene rings is 1. The summed E-state index contributed by atoms with van der Waals surface area (Å²) in [7, 11) is 1.53. The Bertz CT molecular complexity index is 936. The molecule has 2 aromatic carbocycles. The van der Waals surface area contributed by atoms with Gasteiger partial charge in [0.25, 0.3) is 11.8 Å². The second-order valence-corrected chi connectivity index (χ2v) is 6.31. The fourth-order valence-electron chi connectivity index (χ4n) is 2.37. The third-order valence-electron chi connectivity index (χ3n) is 3.62. The van der Waals surface area contributed by atoms with Gasteiger partial charge < -0.3 is 10.6 Å². The first-order valence-corrected chi connectivity index (χ1v) is 8.39. The van der Waals surface area contributed by atoms with Gasteiger partial charge in [-0.3, -0.25) is 9.59 Å². The van der Waals surface area contributed by atoms with E-state index in [4.69, 9.17) is 0 Å². The van der Waals surface area contributed by atoms with Crippen LogP contribution in [0.25, 0.3) is 10.4 Å². The SMILES string of the molecule is CNC(=O)c1ccccc1NC(=O)c1ccc(-c2ccccc2F)s1. The highest BCUT2D eigenvalue weighted by atomic mass is 32.1. The maximum atomic E-state index is 13.9. The predicted molar refractivity (Wildman–Crippen MR) is 97.5 cm³/mol. The molecular formula is C19H15FN2O2S. The number of hydrogen-bond acceptors (Lipinski definition) is 3. The van der Waals surface area contributed by atoms with Crippen LogP contribution in [0.5, 0.6) is 0 Å². The van der Waals surface area contributed by atoms with Crippen molar-refractivity contribution in [2.24, 2.45) is 0 Å². The molecule has 0 saturated heterocycles. The van der Waals surface area contributed by atoms with Gasteiger partial charge >= 0.3 is 0 Å². The van der Waals surface area contributed by atoms with E-state index in [1.165, 1.54) is 24.5 Å². The summed E-state index contributed by atoms with van der Waals surface area (Å²) >= 11 is 1.19. The number of hydrogen-bond donors (Lipinski definition) is 2. The average Bonchev–Trinajstić information content (AvgIpc) is 3.12. The second-order valence-electron chi connectivity index (χ2n) is 5.22. The summed E-state index contributed by atoms with van der Waals surface area (Å²) in [6.45, 7) is 0. The van der Waals surface area contributed by atoms with E-state index >= 15 is 0 Å². The van der Waals surface area contributed by atoms with Gasteiger partial charge in [-0.25, -0.2) is 4.39 Å². The summed E-state index contributed by atoms with van der Waals surface area (Å²) in [6, 6.07) is 16.5. The molecule has 3 rings (SSSR count). The minimum absolute atomic E-state index is 0.283. The van der Waals surface area contributed by atoms with E-state index in [2.05, 4.69) is 10.6 Å². The van der Waals surface area contributed by atoms with E-state index in [0.717, 1.165) is 0 Å². The van der Waals surface area contributed by atoms with Crippen molar-refractivity contribution in [3.8, 4) is 10.4 Å². The standard InChI is InChI=1S/C19H15FN2O2S/c1-21-18(23)13-7-3-5-9-15(13)22-19(24)17-11-10-16(25-17)12-6-2-4-8-14(12)20/h2-11H,1H3,(H,21,23)(H,22,24). The Kier molecular flexibility index (Phi) is 4.90. The number of rotatable bonds is 4. The van der Waals surface area contributed by atoms with Crippen molar-refractivity contribution in [1.82, 2.24) is 5.32 Å². The molecular weight excluding hydrogens is 339 g/mol. The molecule has 0 unspecified atom stereocenters. The molecule has 0 aliphatic heterocycles. The molecule has 0 aliphatic rings. The van der Waals surface area contributed by atoms with Crippen LogP contribution in [0.15, 0.2) is 60.7 Å². The van der Waals surface area contributed by atoms with Crippen LogP contribution in [0.1, 0.15) is 20.0 Å². The molecule has 4 nitrogen and oxygen atoms in total. The normalized spacial score (nSPS) is 10.3. The Balaban J connectivity index is 1.84. The van der Waals surface area contributed by atoms with E-state index in [1.807, 2.05) is 0 Å². The van der Waals surface area contributed by atoms with Gasteiger partial charge in [-0.05, 0) is 30.3 Å². The van der Waals surface area contributed by atoms with Crippen molar-refractivity contribution in [2.45, 2.75) is 0 Å². The molecule has 0 fully saturated rings. The Hall–Kier alpha value is -2.99. The van der Waals surface area contributed by atoms with Gasteiger partial charge in [0.2, 0.25) is 0 Å². The van der Waals surface area contributed by atoms with Crippen LogP contribution < -0.4 is 10.6 Å². The quantitative estimate of drug-likeness (QED) is 0.739. The maximum absolute atomic E-state index is 13.9. The lowest BCUT2D eigenvalue weighted by Gasteiger charge is -2.09. The van der Waals surface area contributed by atoms with Crippen molar-refractivity contribution in [1.29, 1.82) is 0 Å². The topological polar surface area (TPSA) is 58.2 Å². The van der Waals surface area contributed by atoms with Crippen molar-refractivity contribution < 1.29 is 14.0 Å². The number of para-hydroxylation sites is 1. The lowest BCUT2D eigenvalue weighted by atomic mass is 10.1. The van der Waals surface area contributed by atoms with Gasteiger partial charge in [0.05, 0.1) is 16.1 Å². The van der Waals surface area contributed by atoms with E-state index < -0.39 is 0 Å². The zero-order chi connectivity index (χ0) is 17.8. The van der Waals surface area contributed by atoms with Crippen LogP contribution in [0.4, 0.5) is 10.1 Å². The molecule has 0 bridgehead atoms. The highest BCUT2D eigenvalue weighted by molar-refractivity contribution is 7.17. The molecule has 0 radical (unpaired) electrons. The molecule has 0 atom stereocenters. The van der Waals surface area contributed by atoms with E-state index in [0.29, 0.717) is 26.6 Å². The molecule has 1 heterocycles. The lowest BCUT2D eigenvalue weighted by molar-refractivity contribution is 0.0964. The fraction of sp³-hybridized carbons (Fsp3) is 0.0526. The second kappa shape index (κ2) is 7.27. The van der Waals surface area contributed by atoms with Crippen LogP contribution in [0.2, 0.25) is 0 Å². The molecule has 0 spiro atoms. The van der Waals surface area contributed by atoms with Gasteiger partial charge in [0.1, 0.15) is 5.82 Å². The molecule has 25 heavy (non-hydrogen) atoms. The molecule has 2 N–H and O–H groups in total. The zero-order valence-corrected chi connectivity index (χ0v) is 14.2. The Morgan fingerprint density at radius 3 is 2.40 bits per heavy atom. The number of nitrogens with one attached hydrogen (secondary N) is 2. The van der Waals surface area contributed by atoms with Crippen molar-refractivity contribution in [3.63, 3.8) is 0 Å². The van der Waals surface area contributed by atoms with E-state index in [9.17, 15) is 14.0 Å². The average molecular weight is 354 g/mol. The summed E-state index contributed by atoms with van der Waals surface area (Å²) < 4.78 is 13.9. The molecule has 6 heteroatoms. The Labute approximate surface area is 148 Å². The van der Waals surface area contributed by atoms with Crippen molar-refractivity contribution in [3.05, 3.63) is 76.9 Å². The monoisotopic (exact) mass is 354 g/mol. The van der Waals surface area contributed by atoms with Gasteiger partial charge in [-0.2, -0.15) is 0 Å². The molecule has 1 aromatic heterocycles. The first-order valence-electron chi connectivity index (χ1n) is 7.57. The number of halogens is 1. The van der Waals surface area contributed by atoms with Crippen LogP contribution >= 0.6 is 11.3 Å². The third kappa shape index (κ3) is 3.59. The summed E-state index contributed by atoms with van der Waals surface area (Å²) in [5.41, 5.74) is 1.26. The minimum atomic E-state index is -0.344. The summed E-state index contributed by atoms with van der Waals surface area (Å²) in [5, 5.41) is 5.28. The van der Waals surface area contributed by atoms with Crippen LogP contribution in [0, 0.1) is 5.82 Å². The zero-order valence-electron chi connectivity index (χ0n) is 13.4. The Morgan fingerprint density at radius 2 is 1.64 bits per heavy atom.